The number of hydrogen-bond acceptors (Lipinski definition) is 6. The van der Waals surface area contributed by atoms with Crippen LogP contribution in [0, 0.1) is 5.82 Å². The largest absolute Gasteiger partial charge is 0.466 e. The number of hydrogen-bond donors (Lipinski definition) is 0. The van der Waals surface area contributed by atoms with Crippen molar-refractivity contribution in [1.82, 2.24) is 4.98 Å². The number of amides is 1. The predicted octanol–water partition coefficient (Wildman–Crippen LogP) is 4.40. The minimum atomic E-state index is -0.541. The van der Waals surface area contributed by atoms with Crippen LogP contribution < -0.4 is 4.90 Å². The van der Waals surface area contributed by atoms with E-state index in [-0.39, 0.29) is 37.3 Å². The highest BCUT2D eigenvalue weighted by atomic mass is 32.2. The number of ether oxygens (including phenoxy) is 1. The molecule has 0 aliphatic carbocycles. The lowest BCUT2D eigenvalue weighted by Crippen LogP contribution is -2.41. The van der Waals surface area contributed by atoms with Crippen LogP contribution in [0.4, 0.5) is 10.1 Å². The third-order valence-electron chi connectivity index (χ3n) is 4.31. The van der Waals surface area contributed by atoms with Crippen molar-refractivity contribution in [2.24, 2.45) is 0 Å². The summed E-state index contributed by atoms with van der Waals surface area (Å²) >= 11 is 2.81. The minimum Gasteiger partial charge on any atom is -0.466 e. The van der Waals surface area contributed by atoms with Gasteiger partial charge in [0, 0.05) is 11.0 Å². The summed E-state index contributed by atoms with van der Waals surface area (Å²) in [6.07, 6.45) is 0.0211. The molecule has 0 spiro atoms. The minimum absolute atomic E-state index is 0.0211. The number of aromatic nitrogens is 1. The summed E-state index contributed by atoms with van der Waals surface area (Å²) in [5.41, 5.74) is 1.37. The van der Waals surface area contributed by atoms with Gasteiger partial charge in [-0.25, -0.2) is 9.37 Å². The number of anilines is 1. The molecule has 1 aliphatic heterocycles. The van der Waals surface area contributed by atoms with Gasteiger partial charge in [-0.05, 0) is 31.2 Å². The lowest BCUT2D eigenvalue weighted by Gasteiger charge is -2.32. The first-order chi connectivity index (χ1) is 13.5. The number of rotatable bonds is 5. The number of nitrogens with zero attached hydrogens (tertiary/aromatic N) is 2. The molecule has 0 saturated carbocycles. The number of fused-ring (bicyclic) bond motifs is 2. The number of esters is 1. The van der Waals surface area contributed by atoms with E-state index >= 15 is 0 Å². The summed E-state index contributed by atoms with van der Waals surface area (Å²) in [5.74, 6) is -0.875. The molecule has 3 aromatic rings. The molecule has 8 heteroatoms. The Morgan fingerprint density at radius 3 is 2.93 bits per heavy atom. The quantitative estimate of drug-likeness (QED) is 0.577. The molecule has 1 amide bonds. The Balaban J connectivity index is 1.64. The molecule has 1 aliphatic rings. The Kier molecular flexibility index (Phi) is 5.32. The Morgan fingerprint density at radius 1 is 1.29 bits per heavy atom. The van der Waals surface area contributed by atoms with Crippen LogP contribution in [0.15, 0.2) is 47.4 Å². The van der Waals surface area contributed by atoms with Crippen molar-refractivity contribution < 1.29 is 18.7 Å². The fourth-order valence-electron chi connectivity index (χ4n) is 3.09. The van der Waals surface area contributed by atoms with Crippen LogP contribution in [0.3, 0.4) is 0 Å². The van der Waals surface area contributed by atoms with Gasteiger partial charge in [0.25, 0.3) is 0 Å². The standard InChI is InChI=1S/C20H17FN2O3S2/c1-2-26-19(24)10-17-20(25)23(14-5-3-4-6-16(14)27-17)11-18-22-13-9-12(21)7-8-15(13)28-18/h3-9,17H,2,10-11H2,1H3. The molecule has 1 atom stereocenters. The first-order valence-electron chi connectivity index (χ1n) is 8.83. The number of carbonyl (C=O) groups is 2. The number of halogens is 1. The SMILES string of the molecule is CCOC(=O)CC1Sc2ccccc2N(Cc2nc3cc(F)ccc3s2)C1=O. The summed E-state index contributed by atoms with van der Waals surface area (Å²) in [4.78, 5) is 32.1. The van der Waals surface area contributed by atoms with Crippen molar-refractivity contribution in [3.05, 3.63) is 53.3 Å². The molecule has 1 unspecified atom stereocenters. The van der Waals surface area contributed by atoms with Gasteiger partial charge in [0.05, 0.1) is 40.7 Å². The monoisotopic (exact) mass is 416 g/mol. The van der Waals surface area contributed by atoms with Crippen LogP contribution in [-0.4, -0.2) is 28.7 Å². The van der Waals surface area contributed by atoms with Crippen molar-refractivity contribution in [3.8, 4) is 0 Å². The van der Waals surface area contributed by atoms with E-state index in [1.807, 2.05) is 24.3 Å². The first-order valence-corrected chi connectivity index (χ1v) is 10.5. The van der Waals surface area contributed by atoms with Crippen molar-refractivity contribution >= 4 is 50.9 Å². The van der Waals surface area contributed by atoms with Gasteiger partial charge < -0.3 is 9.64 Å². The molecular formula is C20H17FN2O3S2. The Hall–Kier alpha value is -2.45. The highest BCUT2D eigenvalue weighted by molar-refractivity contribution is 8.01. The topological polar surface area (TPSA) is 59.5 Å². The van der Waals surface area contributed by atoms with E-state index in [4.69, 9.17) is 4.74 Å². The molecule has 4 rings (SSSR count). The van der Waals surface area contributed by atoms with E-state index in [1.165, 1.54) is 35.2 Å². The van der Waals surface area contributed by atoms with Crippen LogP contribution in [0.25, 0.3) is 10.2 Å². The summed E-state index contributed by atoms with van der Waals surface area (Å²) in [6, 6.07) is 12.1. The molecule has 0 radical (unpaired) electrons. The van der Waals surface area contributed by atoms with E-state index in [1.54, 1.807) is 17.9 Å². The van der Waals surface area contributed by atoms with Gasteiger partial charge in [-0.3, -0.25) is 9.59 Å². The second-order valence-electron chi connectivity index (χ2n) is 6.23. The van der Waals surface area contributed by atoms with E-state index in [2.05, 4.69) is 4.98 Å². The van der Waals surface area contributed by atoms with Gasteiger partial charge in [-0.2, -0.15) is 0 Å². The fraction of sp³-hybridized carbons (Fsp3) is 0.250. The molecule has 2 heterocycles. The third kappa shape index (κ3) is 3.74. The molecule has 0 N–H and O–H groups in total. The van der Waals surface area contributed by atoms with Crippen LogP contribution in [0.1, 0.15) is 18.4 Å². The van der Waals surface area contributed by atoms with Gasteiger partial charge in [0.1, 0.15) is 10.8 Å². The summed E-state index contributed by atoms with van der Waals surface area (Å²) in [5, 5.41) is 0.173. The number of thioether (sulfide) groups is 1. The number of thiazole rings is 1. The molecule has 28 heavy (non-hydrogen) atoms. The normalized spacial score (nSPS) is 16.3. The lowest BCUT2D eigenvalue weighted by atomic mass is 10.2. The fourth-order valence-corrected chi connectivity index (χ4v) is 5.24. The van der Waals surface area contributed by atoms with Crippen molar-refractivity contribution in [3.63, 3.8) is 0 Å². The molecule has 0 fully saturated rings. The van der Waals surface area contributed by atoms with Crippen LogP contribution in [0.5, 0.6) is 0 Å². The van der Waals surface area contributed by atoms with Gasteiger partial charge in [-0.1, -0.05) is 12.1 Å². The zero-order valence-corrected chi connectivity index (χ0v) is 16.7. The van der Waals surface area contributed by atoms with Crippen molar-refractivity contribution in [2.75, 3.05) is 11.5 Å². The molecule has 0 saturated heterocycles. The van der Waals surface area contributed by atoms with Crippen LogP contribution in [0.2, 0.25) is 0 Å². The van der Waals surface area contributed by atoms with Crippen molar-refractivity contribution in [2.45, 2.75) is 30.0 Å². The zero-order chi connectivity index (χ0) is 19.7. The highest BCUT2D eigenvalue weighted by Crippen LogP contribution is 2.41. The highest BCUT2D eigenvalue weighted by Gasteiger charge is 2.35. The van der Waals surface area contributed by atoms with E-state index < -0.39 is 5.25 Å². The second-order valence-corrected chi connectivity index (χ2v) is 8.59. The van der Waals surface area contributed by atoms with E-state index in [0.717, 1.165) is 15.3 Å². The zero-order valence-electron chi connectivity index (χ0n) is 15.1. The van der Waals surface area contributed by atoms with Gasteiger partial charge >= 0.3 is 5.97 Å². The predicted molar refractivity (Wildman–Crippen MR) is 108 cm³/mol. The van der Waals surface area contributed by atoms with Crippen LogP contribution >= 0.6 is 23.1 Å². The second kappa shape index (κ2) is 7.89. The summed E-state index contributed by atoms with van der Waals surface area (Å²) < 4.78 is 19.3. The summed E-state index contributed by atoms with van der Waals surface area (Å²) in [7, 11) is 0. The Labute approximate surface area is 169 Å². The maximum atomic E-state index is 13.5. The first kappa shape index (κ1) is 18.9. The number of carbonyl (C=O) groups excluding carboxylic acids is 2. The number of benzene rings is 2. The third-order valence-corrected chi connectivity index (χ3v) is 6.58. The van der Waals surface area contributed by atoms with E-state index in [9.17, 15) is 14.0 Å². The Morgan fingerprint density at radius 2 is 2.11 bits per heavy atom. The lowest BCUT2D eigenvalue weighted by molar-refractivity contribution is -0.144. The van der Waals surface area contributed by atoms with Gasteiger partial charge in [0.15, 0.2) is 0 Å². The maximum Gasteiger partial charge on any atom is 0.307 e. The molecular weight excluding hydrogens is 399 g/mol. The van der Waals surface area contributed by atoms with Crippen LogP contribution in [-0.2, 0) is 20.9 Å². The number of para-hydroxylation sites is 1. The Bertz CT molecular complexity index is 1050. The average Bonchev–Trinajstić information content (AvgIpc) is 3.07. The molecule has 0 bridgehead atoms. The summed E-state index contributed by atoms with van der Waals surface area (Å²) in [6.45, 7) is 2.30. The molecule has 2 aromatic carbocycles. The molecule has 1 aromatic heterocycles. The smallest absolute Gasteiger partial charge is 0.307 e. The molecule has 144 valence electrons. The van der Waals surface area contributed by atoms with E-state index in [0.29, 0.717) is 10.5 Å². The average molecular weight is 416 g/mol. The van der Waals surface area contributed by atoms with Gasteiger partial charge in [-0.15, -0.1) is 23.1 Å². The maximum absolute atomic E-state index is 13.5. The van der Waals surface area contributed by atoms with Gasteiger partial charge in [0.2, 0.25) is 5.91 Å². The molecule has 5 nitrogen and oxygen atoms in total. The van der Waals surface area contributed by atoms with Crippen molar-refractivity contribution in [1.29, 1.82) is 0 Å².